The molecule has 1 aliphatic heterocycles. The summed E-state index contributed by atoms with van der Waals surface area (Å²) in [5.74, 6) is 0.383. The van der Waals surface area contributed by atoms with Crippen molar-refractivity contribution >= 4 is 5.91 Å². The lowest BCUT2D eigenvalue weighted by molar-refractivity contribution is 0.0935. The van der Waals surface area contributed by atoms with Crippen molar-refractivity contribution in [2.24, 2.45) is 0 Å². The molecule has 0 bridgehead atoms. The van der Waals surface area contributed by atoms with Crippen LogP contribution in [0, 0.1) is 0 Å². The summed E-state index contributed by atoms with van der Waals surface area (Å²) in [6.45, 7) is 8.20. The number of piperazine rings is 1. The average molecular weight is 282 g/mol. The molecule has 1 amide bonds. The highest BCUT2D eigenvalue weighted by Crippen LogP contribution is 2.10. The van der Waals surface area contributed by atoms with Crippen LogP contribution in [-0.2, 0) is 6.54 Å². The second-order valence-electron chi connectivity index (χ2n) is 4.87. The van der Waals surface area contributed by atoms with Gasteiger partial charge in [-0.05, 0) is 6.54 Å². The fraction of sp³-hybridized carbons (Fsp3) is 0.692. The molecular weight excluding hydrogens is 260 g/mol. The standard InChI is InChI=1S/C13H22N4O3/c1-2-16-4-6-17(7-5-16)10-11-9-12(15-20-11)13(19)14-3-8-18/h9,18H,2-8,10H2,1H3,(H,14,19). The third-order valence-corrected chi connectivity index (χ3v) is 3.48. The highest BCUT2D eigenvalue weighted by molar-refractivity contribution is 5.92. The van der Waals surface area contributed by atoms with Crippen LogP contribution in [0.5, 0.6) is 0 Å². The fourth-order valence-corrected chi connectivity index (χ4v) is 2.24. The van der Waals surface area contributed by atoms with Gasteiger partial charge in [0.15, 0.2) is 11.5 Å². The molecule has 2 heterocycles. The maximum absolute atomic E-state index is 11.6. The molecule has 20 heavy (non-hydrogen) atoms. The van der Waals surface area contributed by atoms with Gasteiger partial charge in [-0.15, -0.1) is 0 Å². The minimum Gasteiger partial charge on any atom is -0.395 e. The van der Waals surface area contributed by atoms with Crippen LogP contribution in [-0.4, -0.2) is 71.8 Å². The van der Waals surface area contributed by atoms with Gasteiger partial charge in [0.1, 0.15) is 0 Å². The molecule has 112 valence electrons. The molecule has 0 radical (unpaired) electrons. The Morgan fingerprint density at radius 3 is 2.75 bits per heavy atom. The van der Waals surface area contributed by atoms with E-state index in [4.69, 9.17) is 9.63 Å². The molecular formula is C13H22N4O3. The van der Waals surface area contributed by atoms with E-state index in [9.17, 15) is 4.79 Å². The maximum atomic E-state index is 11.6. The van der Waals surface area contributed by atoms with Crippen molar-refractivity contribution in [1.82, 2.24) is 20.3 Å². The topological polar surface area (TPSA) is 81.8 Å². The fourth-order valence-electron chi connectivity index (χ4n) is 2.24. The van der Waals surface area contributed by atoms with Gasteiger partial charge < -0.3 is 19.8 Å². The number of hydrogen-bond donors (Lipinski definition) is 2. The van der Waals surface area contributed by atoms with Crippen molar-refractivity contribution in [3.8, 4) is 0 Å². The smallest absolute Gasteiger partial charge is 0.273 e. The molecule has 1 aliphatic rings. The normalized spacial score (nSPS) is 17.3. The first-order valence-corrected chi connectivity index (χ1v) is 7.02. The van der Waals surface area contributed by atoms with Gasteiger partial charge in [-0.2, -0.15) is 0 Å². The molecule has 1 aromatic heterocycles. The van der Waals surface area contributed by atoms with Crippen molar-refractivity contribution in [3.63, 3.8) is 0 Å². The number of aliphatic hydroxyl groups excluding tert-OH is 1. The average Bonchev–Trinajstić information content (AvgIpc) is 2.94. The molecule has 0 saturated carbocycles. The predicted molar refractivity (Wildman–Crippen MR) is 73.3 cm³/mol. The van der Waals surface area contributed by atoms with Crippen molar-refractivity contribution < 1.29 is 14.4 Å². The Morgan fingerprint density at radius 2 is 2.10 bits per heavy atom. The summed E-state index contributed by atoms with van der Waals surface area (Å²) in [7, 11) is 0. The monoisotopic (exact) mass is 282 g/mol. The van der Waals surface area contributed by atoms with E-state index >= 15 is 0 Å². The third-order valence-electron chi connectivity index (χ3n) is 3.48. The van der Waals surface area contributed by atoms with E-state index in [1.807, 2.05) is 0 Å². The second kappa shape index (κ2) is 7.37. The Labute approximate surface area is 118 Å². The molecule has 1 fully saturated rings. The summed E-state index contributed by atoms with van der Waals surface area (Å²) in [5, 5.41) is 15.0. The molecule has 1 aromatic rings. The Balaban J connectivity index is 1.82. The first-order valence-electron chi connectivity index (χ1n) is 7.02. The molecule has 7 nitrogen and oxygen atoms in total. The summed E-state index contributed by atoms with van der Waals surface area (Å²) in [4.78, 5) is 16.3. The Bertz CT molecular complexity index is 427. The zero-order valence-corrected chi connectivity index (χ0v) is 11.8. The Morgan fingerprint density at radius 1 is 1.40 bits per heavy atom. The van der Waals surface area contributed by atoms with E-state index in [0.29, 0.717) is 12.3 Å². The van der Waals surface area contributed by atoms with Gasteiger partial charge in [-0.25, -0.2) is 0 Å². The van der Waals surface area contributed by atoms with Gasteiger partial charge >= 0.3 is 0 Å². The SMILES string of the molecule is CCN1CCN(Cc2cc(C(=O)NCCO)no2)CC1. The Hall–Kier alpha value is -1.44. The van der Waals surface area contributed by atoms with Gasteiger partial charge in [0, 0.05) is 38.8 Å². The number of rotatable bonds is 6. The zero-order valence-electron chi connectivity index (χ0n) is 11.8. The Kier molecular flexibility index (Phi) is 5.51. The lowest BCUT2D eigenvalue weighted by Crippen LogP contribution is -2.45. The minimum absolute atomic E-state index is 0.0852. The summed E-state index contributed by atoms with van der Waals surface area (Å²) >= 11 is 0. The van der Waals surface area contributed by atoms with E-state index in [0.717, 1.165) is 32.7 Å². The molecule has 0 spiro atoms. The number of nitrogens with one attached hydrogen (secondary N) is 1. The summed E-state index contributed by atoms with van der Waals surface area (Å²) in [5.41, 5.74) is 0.264. The second-order valence-corrected chi connectivity index (χ2v) is 4.87. The number of aliphatic hydroxyl groups is 1. The minimum atomic E-state index is -0.315. The van der Waals surface area contributed by atoms with Crippen LogP contribution in [0.3, 0.4) is 0 Å². The molecule has 2 rings (SSSR count). The largest absolute Gasteiger partial charge is 0.395 e. The van der Waals surface area contributed by atoms with Crippen LogP contribution in [0.2, 0.25) is 0 Å². The summed E-state index contributed by atoms with van der Waals surface area (Å²) < 4.78 is 5.19. The molecule has 2 N–H and O–H groups in total. The molecule has 0 unspecified atom stereocenters. The van der Waals surface area contributed by atoms with Crippen LogP contribution >= 0.6 is 0 Å². The van der Waals surface area contributed by atoms with E-state index < -0.39 is 0 Å². The van der Waals surface area contributed by atoms with Crippen molar-refractivity contribution in [3.05, 3.63) is 17.5 Å². The lowest BCUT2D eigenvalue weighted by Gasteiger charge is -2.33. The van der Waals surface area contributed by atoms with Gasteiger partial charge in [-0.3, -0.25) is 9.69 Å². The van der Waals surface area contributed by atoms with Crippen LogP contribution < -0.4 is 5.32 Å². The van der Waals surface area contributed by atoms with Crippen molar-refractivity contribution in [2.75, 3.05) is 45.9 Å². The summed E-state index contributed by atoms with van der Waals surface area (Å²) in [6, 6.07) is 1.67. The van der Waals surface area contributed by atoms with Gasteiger partial charge in [0.2, 0.25) is 0 Å². The molecule has 0 aromatic carbocycles. The van der Waals surface area contributed by atoms with Crippen LogP contribution in [0.4, 0.5) is 0 Å². The predicted octanol–water partition coefficient (Wildman–Crippen LogP) is -0.466. The number of likely N-dealkylation sites (N-methyl/N-ethyl adjacent to an activating group) is 1. The molecule has 0 atom stereocenters. The lowest BCUT2D eigenvalue weighted by atomic mass is 10.3. The van der Waals surface area contributed by atoms with E-state index in [1.54, 1.807) is 6.07 Å². The summed E-state index contributed by atoms with van der Waals surface area (Å²) in [6.07, 6.45) is 0. The number of nitrogens with zero attached hydrogens (tertiary/aromatic N) is 3. The number of carbonyl (C=O) groups excluding carboxylic acids is 1. The molecule has 7 heteroatoms. The molecule has 1 saturated heterocycles. The van der Waals surface area contributed by atoms with Crippen molar-refractivity contribution in [1.29, 1.82) is 0 Å². The third kappa shape index (κ3) is 4.03. The van der Waals surface area contributed by atoms with Crippen LogP contribution in [0.25, 0.3) is 0 Å². The van der Waals surface area contributed by atoms with E-state index in [-0.39, 0.29) is 24.8 Å². The van der Waals surface area contributed by atoms with Gasteiger partial charge in [-0.1, -0.05) is 12.1 Å². The van der Waals surface area contributed by atoms with E-state index in [2.05, 4.69) is 27.2 Å². The van der Waals surface area contributed by atoms with Crippen LogP contribution in [0.15, 0.2) is 10.6 Å². The highest BCUT2D eigenvalue weighted by Gasteiger charge is 2.18. The van der Waals surface area contributed by atoms with Gasteiger partial charge in [0.25, 0.3) is 5.91 Å². The van der Waals surface area contributed by atoms with Gasteiger partial charge in [0.05, 0.1) is 13.2 Å². The van der Waals surface area contributed by atoms with Crippen molar-refractivity contribution in [2.45, 2.75) is 13.5 Å². The number of carbonyl (C=O) groups is 1. The van der Waals surface area contributed by atoms with Crippen LogP contribution in [0.1, 0.15) is 23.2 Å². The number of amides is 1. The first kappa shape index (κ1) is 15.0. The van der Waals surface area contributed by atoms with E-state index in [1.165, 1.54) is 0 Å². The first-order chi connectivity index (χ1) is 9.72. The molecule has 0 aliphatic carbocycles. The number of aromatic nitrogens is 1. The highest BCUT2D eigenvalue weighted by atomic mass is 16.5. The maximum Gasteiger partial charge on any atom is 0.273 e. The zero-order chi connectivity index (χ0) is 14.4. The number of hydrogen-bond acceptors (Lipinski definition) is 6. The quantitative estimate of drug-likeness (QED) is 0.734.